The molecule has 6 heteroatoms. The molecule has 1 aliphatic rings. The first-order valence-electron chi connectivity index (χ1n) is 4.27. The third kappa shape index (κ3) is 1.70. The molecule has 0 radical (unpaired) electrons. The van der Waals surface area contributed by atoms with Crippen molar-refractivity contribution in [2.45, 2.75) is 43.4 Å². The van der Waals surface area contributed by atoms with Crippen molar-refractivity contribution in [2.75, 3.05) is 0 Å². The van der Waals surface area contributed by atoms with Gasteiger partial charge in [-0.3, -0.25) is 0 Å². The molecule has 0 atom stereocenters. The number of carboxylic acids is 1. The molecule has 0 saturated heterocycles. The molecule has 0 bridgehead atoms. The van der Waals surface area contributed by atoms with Crippen LogP contribution in [0.2, 0.25) is 0 Å². The monoisotopic (exact) mass is 212 g/mol. The maximum absolute atomic E-state index is 13.0. The number of hydrogen-bond acceptors (Lipinski definition) is 2. The number of alkyl halides is 3. The Labute approximate surface area is 78.5 Å². The van der Waals surface area contributed by atoms with E-state index in [0.29, 0.717) is 0 Å². The molecule has 14 heavy (non-hydrogen) atoms. The van der Waals surface area contributed by atoms with E-state index < -0.39 is 36.5 Å². The fourth-order valence-electron chi connectivity index (χ4n) is 1.57. The second-order valence-electron chi connectivity index (χ2n) is 3.59. The van der Waals surface area contributed by atoms with Gasteiger partial charge >= 0.3 is 11.9 Å². The summed E-state index contributed by atoms with van der Waals surface area (Å²) in [6.07, 6.45) is -2.71. The van der Waals surface area contributed by atoms with Crippen LogP contribution in [0.15, 0.2) is 0 Å². The van der Waals surface area contributed by atoms with Gasteiger partial charge < -0.3 is 10.2 Å². The SMILES string of the molecule is O=C(O)C(F)(F)C1(O)CCC(F)CC1. The topological polar surface area (TPSA) is 57.5 Å². The molecule has 0 unspecified atom stereocenters. The fourth-order valence-corrected chi connectivity index (χ4v) is 1.57. The molecule has 3 nitrogen and oxygen atoms in total. The quantitative estimate of drug-likeness (QED) is 0.726. The first kappa shape index (κ1) is 11.3. The zero-order valence-electron chi connectivity index (χ0n) is 7.34. The second-order valence-corrected chi connectivity index (χ2v) is 3.59. The van der Waals surface area contributed by atoms with Crippen LogP contribution in [0, 0.1) is 0 Å². The van der Waals surface area contributed by atoms with Crippen LogP contribution in [-0.2, 0) is 4.79 Å². The Balaban J connectivity index is 2.80. The van der Waals surface area contributed by atoms with Crippen molar-refractivity contribution in [1.29, 1.82) is 0 Å². The van der Waals surface area contributed by atoms with Gasteiger partial charge in [-0.05, 0) is 25.7 Å². The van der Waals surface area contributed by atoms with Crippen LogP contribution < -0.4 is 0 Å². The summed E-state index contributed by atoms with van der Waals surface area (Å²) in [5, 5.41) is 17.6. The van der Waals surface area contributed by atoms with Crippen LogP contribution in [-0.4, -0.2) is 33.9 Å². The van der Waals surface area contributed by atoms with Crippen molar-refractivity contribution in [3.05, 3.63) is 0 Å². The Kier molecular flexibility index (Phi) is 2.76. The highest BCUT2D eigenvalue weighted by atomic mass is 19.3. The van der Waals surface area contributed by atoms with Gasteiger partial charge in [0.1, 0.15) is 11.8 Å². The Morgan fingerprint density at radius 1 is 1.36 bits per heavy atom. The minimum Gasteiger partial charge on any atom is -0.477 e. The van der Waals surface area contributed by atoms with Crippen LogP contribution in [0.5, 0.6) is 0 Å². The van der Waals surface area contributed by atoms with Gasteiger partial charge in [-0.2, -0.15) is 8.78 Å². The van der Waals surface area contributed by atoms with E-state index in [0.717, 1.165) is 0 Å². The van der Waals surface area contributed by atoms with E-state index in [1.807, 2.05) is 0 Å². The Bertz CT molecular complexity index is 234. The largest absolute Gasteiger partial charge is 0.477 e. The van der Waals surface area contributed by atoms with Crippen molar-refractivity contribution in [2.24, 2.45) is 0 Å². The highest BCUT2D eigenvalue weighted by Crippen LogP contribution is 2.41. The molecule has 0 spiro atoms. The number of halogens is 3. The molecule has 1 aliphatic carbocycles. The fraction of sp³-hybridized carbons (Fsp3) is 0.875. The number of hydrogen-bond donors (Lipinski definition) is 2. The van der Waals surface area contributed by atoms with E-state index in [1.165, 1.54) is 0 Å². The summed E-state index contributed by atoms with van der Waals surface area (Å²) in [6, 6.07) is 0. The average molecular weight is 212 g/mol. The molecular formula is C8H11F3O3. The van der Waals surface area contributed by atoms with Gasteiger partial charge in [0.2, 0.25) is 0 Å². The Morgan fingerprint density at radius 3 is 2.14 bits per heavy atom. The zero-order valence-corrected chi connectivity index (χ0v) is 7.34. The first-order valence-corrected chi connectivity index (χ1v) is 4.27. The van der Waals surface area contributed by atoms with Crippen LogP contribution in [0.4, 0.5) is 13.2 Å². The molecule has 1 rings (SSSR count). The third-order valence-corrected chi connectivity index (χ3v) is 2.60. The van der Waals surface area contributed by atoms with Gasteiger partial charge in [-0.15, -0.1) is 0 Å². The smallest absolute Gasteiger partial charge is 0.377 e. The third-order valence-electron chi connectivity index (χ3n) is 2.60. The lowest BCUT2D eigenvalue weighted by molar-refractivity contribution is -0.218. The summed E-state index contributed by atoms with van der Waals surface area (Å²) < 4.78 is 38.6. The minimum absolute atomic E-state index is 0.223. The highest BCUT2D eigenvalue weighted by Gasteiger charge is 2.59. The number of carbonyl (C=O) groups is 1. The predicted molar refractivity (Wildman–Crippen MR) is 40.9 cm³/mol. The van der Waals surface area contributed by atoms with Crippen LogP contribution in [0.25, 0.3) is 0 Å². The van der Waals surface area contributed by atoms with E-state index in [9.17, 15) is 23.1 Å². The van der Waals surface area contributed by atoms with E-state index in [-0.39, 0.29) is 12.8 Å². The van der Waals surface area contributed by atoms with Crippen molar-refractivity contribution < 1.29 is 28.2 Å². The van der Waals surface area contributed by atoms with Crippen molar-refractivity contribution in [3.63, 3.8) is 0 Å². The van der Waals surface area contributed by atoms with E-state index in [1.54, 1.807) is 0 Å². The molecule has 0 aromatic heterocycles. The van der Waals surface area contributed by atoms with Gasteiger partial charge in [-0.1, -0.05) is 0 Å². The van der Waals surface area contributed by atoms with Gasteiger partial charge in [0.15, 0.2) is 0 Å². The lowest BCUT2D eigenvalue weighted by Crippen LogP contribution is -2.55. The lowest BCUT2D eigenvalue weighted by atomic mass is 9.79. The van der Waals surface area contributed by atoms with Crippen molar-refractivity contribution >= 4 is 5.97 Å². The van der Waals surface area contributed by atoms with Crippen LogP contribution in [0.3, 0.4) is 0 Å². The summed E-state index contributed by atoms with van der Waals surface area (Å²) in [4.78, 5) is 10.2. The second kappa shape index (κ2) is 3.42. The normalized spacial score (nSPS) is 34.1. The van der Waals surface area contributed by atoms with Crippen LogP contribution in [0.1, 0.15) is 25.7 Å². The predicted octanol–water partition coefficient (Wildman–Crippen LogP) is 1.35. The van der Waals surface area contributed by atoms with Crippen molar-refractivity contribution in [1.82, 2.24) is 0 Å². The minimum atomic E-state index is -4.20. The summed E-state index contributed by atoms with van der Waals surface area (Å²) in [5.41, 5.74) is -2.60. The Hall–Kier alpha value is -0.780. The van der Waals surface area contributed by atoms with Gasteiger partial charge in [0.05, 0.1) is 0 Å². The number of carboxylic acid groups (broad SMARTS) is 1. The van der Waals surface area contributed by atoms with Gasteiger partial charge in [-0.25, -0.2) is 9.18 Å². The van der Waals surface area contributed by atoms with E-state index in [2.05, 4.69) is 0 Å². The number of aliphatic hydroxyl groups is 1. The number of aliphatic carboxylic acids is 1. The van der Waals surface area contributed by atoms with Crippen LogP contribution >= 0.6 is 0 Å². The molecule has 82 valence electrons. The molecule has 0 amide bonds. The summed E-state index contributed by atoms with van der Waals surface area (Å²) >= 11 is 0. The average Bonchev–Trinajstić information content (AvgIpc) is 2.10. The molecule has 0 heterocycles. The Morgan fingerprint density at radius 2 is 1.79 bits per heavy atom. The maximum atomic E-state index is 13.0. The first-order chi connectivity index (χ1) is 6.29. The maximum Gasteiger partial charge on any atom is 0.377 e. The number of rotatable bonds is 2. The van der Waals surface area contributed by atoms with Gasteiger partial charge in [0.25, 0.3) is 0 Å². The lowest BCUT2D eigenvalue weighted by Gasteiger charge is -2.37. The van der Waals surface area contributed by atoms with Gasteiger partial charge in [0, 0.05) is 0 Å². The summed E-state index contributed by atoms with van der Waals surface area (Å²) in [5.74, 6) is -6.56. The molecular weight excluding hydrogens is 201 g/mol. The summed E-state index contributed by atoms with van der Waals surface area (Å²) in [6.45, 7) is 0. The highest BCUT2D eigenvalue weighted by molar-refractivity contribution is 5.77. The molecule has 0 aliphatic heterocycles. The van der Waals surface area contributed by atoms with E-state index in [4.69, 9.17) is 5.11 Å². The molecule has 1 fully saturated rings. The van der Waals surface area contributed by atoms with Crippen molar-refractivity contribution in [3.8, 4) is 0 Å². The molecule has 2 N–H and O–H groups in total. The zero-order chi connectivity index (χ0) is 11.0. The molecule has 0 aromatic rings. The summed E-state index contributed by atoms with van der Waals surface area (Å²) in [7, 11) is 0. The standard InChI is InChI=1S/C8H11F3O3/c9-5-1-3-7(14,4-2-5)8(10,11)6(12)13/h5,14H,1-4H2,(H,12,13). The molecule has 0 aromatic carbocycles. The van der Waals surface area contributed by atoms with E-state index >= 15 is 0 Å². The molecule has 1 saturated carbocycles.